The van der Waals surface area contributed by atoms with Crippen LogP contribution in [0, 0.1) is 5.82 Å². The lowest BCUT2D eigenvalue weighted by Gasteiger charge is -2.49. The summed E-state index contributed by atoms with van der Waals surface area (Å²) in [6.45, 7) is 7.40. The number of amides is 1. The van der Waals surface area contributed by atoms with E-state index in [0.29, 0.717) is 24.4 Å². The van der Waals surface area contributed by atoms with E-state index in [4.69, 9.17) is 0 Å². The van der Waals surface area contributed by atoms with Crippen molar-refractivity contribution in [2.45, 2.75) is 37.8 Å². The fourth-order valence-electron chi connectivity index (χ4n) is 4.66. The van der Waals surface area contributed by atoms with Gasteiger partial charge in [-0.2, -0.15) is 0 Å². The minimum Gasteiger partial charge on any atom is -0.369 e. The molecule has 3 heterocycles. The Morgan fingerprint density at radius 1 is 1.04 bits per heavy atom. The predicted octanol–water partition coefficient (Wildman–Crippen LogP) is 2.03. The lowest BCUT2D eigenvalue weighted by molar-refractivity contribution is -0.132. The van der Waals surface area contributed by atoms with Crippen molar-refractivity contribution in [3.63, 3.8) is 0 Å². The van der Waals surface area contributed by atoms with Gasteiger partial charge in [0, 0.05) is 77.1 Å². The number of carbonyl (C=O) groups is 1. The molecule has 1 aromatic rings. The molecule has 0 bridgehead atoms. The molecule has 1 unspecified atom stereocenters. The summed E-state index contributed by atoms with van der Waals surface area (Å²) in [5, 5.41) is 0. The number of benzene rings is 1. The fraction of sp³-hybridized carbons (Fsp3) is 0.667. The molecule has 0 radical (unpaired) electrons. The van der Waals surface area contributed by atoms with Crippen LogP contribution >= 0.6 is 0 Å². The van der Waals surface area contributed by atoms with Crippen molar-refractivity contribution in [2.24, 2.45) is 0 Å². The number of halogens is 1. The maximum atomic E-state index is 13.1. The van der Waals surface area contributed by atoms with Gasteiger partial charge < -0.3 is 9.80 Å². The molecule has 3 saturated heterocycles. The zero-order valence-corrected chi connectivity index (χ0v) is 16.3. The molecule has 1 amide bonds. The summed E-state index contributed by atoms with van der Waals surface area (Å²) in [7, 11) is 1.98. The van der Waals surface area contributed by atoms with Gasteiger partial charge in [0.15, 0.2) is 0 Å². The maximum Gasteiger partial charge on any atom is 0.222 e. The van der Waals surface area contributed by atoms with Gasteiger partial charge in [0.2, 0.25) is 5.91 Å². The third-order valence-electron chi connectivity index (χ3n) is 6.55. The normalized spacial score (nSPS) is 26.1. The van der Waals surface area contributed by atoms with Crippen molar-refractivity contribution in [1.29, 1.82) is 0 Å². The number of anilines is 1. The highest BCUT2D eigenvalue weighted by atomic mass is 19.1. The van der Waals surface area contributed by atoms with E-state index in [0.717, 1.165) is 64.3 Å². The van der Waals surface area contributed by atoms with Gasteiger partial charge in [-0.05, 0) is 37.1 Å². The van der Waals surface area contributed by atoms with Gasteiger partial charge in [0.25, 0.3) is 0 Å². The molecule has 3 aliphatic rings. The number of nitrogens with zero attached hydrogens (tertiary/aromatic N) is 4. The van der Waals surface area contributed by atoms with Crippen LogP contribution in [0.1, 0.15) is 25.7 Å². The lowest BCUT2D eigenvalue weighted by Crippen LogP contribution is -2.64. The molecule has 0 saturated carbocycles. The molecule has 6 heteroatoms. The molecule has 3 fully saturated rings. The van der Waals surface area contributed by atoms with Crippen molar-refractivity contribution in [1.82, 2.24) is 14.7 Å². The second kappa shape index (κ2) is 8.15. The second-order valence-electron chi connectivity index (χ2n) is 8.28. The van der Waals surface area contributed by atoms with Gasteiger partial charge in [-0.15, -0.1) is 0 Å². The topological polar surface area (TPSA) is 30.0 Å². The first kappa shape index (κ1) is 18.7. The quantitative estimate of drug-likeness (QED) is 0.807. The highest BCUT2D eigenvalue weighted by Crippen LogP contribution is 2.23. The first-order valence-corrected chi connectivity index (χ1v) is 10.3. The summed E-state index contributed by atoms with van der Waals surface area (Å²) in [4.78, 5) is 21.5. The number of rotatable bonds is 4. The number of hydrogen-bond donors (Lipinski definition) is 0. The smallest absolute Gasteiger partial charge is 0.222 e. The molecular formula is C21H31FN4O. The van der Waals surface area contributed by atoms with Crippen LogP contribution < -0.4 is 4.90 Å². The van der Waals surface area contributed by atoms with E-state index in [1.54, 1.807) is 12.1 Å². The third-order valence-corrected chi connectivity index (χ3v) is 6.55. The molecule has 27 heavy (non-hydrogen) atoms. The third kappa shape index (κ3) is 4.27. The number of likely N-dealkylation sites (N-methyl/N-ethyl adjacent to an activating group) is 1. The van der Waals surface area contributed by atoms with Crippen LogP contribution in [0.3, 0.4) is 0 Å². The lowest BCUT2D eigenvalue weighted by atomic mass is 10.0. The van der Waals surface area contributed by atoms with Crippen molar-refractivity contribution >= 4 is 11.6 Å². The maximum absolute atomic E-state index is 13.1. The molecular weight excluding hydrogens is 343 g/mol. The summed E-state index contributed by atoms with van der Waals surface area (Å²) >= 11 is 0. The Labute approximate surface area is 161 Å². The highest BCUT2D eigenvalue weighted by Gasteiger charge is 2.35. The minimum absolute atomic E-state index is 0.173. The number of likely N-dealkylation sites (tertiary alicyclic amines) is 2. The average molecular weight is 375 g/mol. The zero-order chi connectivity index (χ0) is 18.8. The summed E-state index contributed by atoms with van der Waals surface area (Å²) in [5.74, 6) is 0.138. The average Bonchev–Trinajstić information content (AvgIpc) is 2.81. The van der Waals surface area contributed by atoms with Gasteiger partial charge in [-0.3, -0.25) is 14.6 Å². The summed E-state index contributed by atoms with van der Waals surface area (Å²) < 4.78 is 13.1. The van der Waals surface area contributed by atoms with Gasteiger partial charge in [0.1, 0.15) is 5.82 Å². The van der Waals surface area contributed by atoms with E-state index in [2.05, 4.69) is 14.7 Å². The van der Waals surface area contributed by atoms with Crippen LogP contribution in [0.15, 0.2) is 24.3 Å². The van der Waals surface area contributed by atoms with Crippen LogP contribution in [0.5, 0.6) is 0 Å². The van der Waals surface area contributed by atoms with Crippen LogP contribution in [-0.4, -0.2) is 85.6 Å². The van der Waals surface area contributed by atoms with Gasteiger partial charge >= 0.3 is 0 Å². The van der Waals surface area contributed by atoms with Gasteiger partial charge in [-0.25, -0.2) is 4.39 Å². The monoisotopic (exact) mass is 374 g/mol. The second-order valence-corrected chi connectivity index (χ2v) is 8.28. The van der Waals surface area contributed by atoms with Crippen molar-refractivity contribution in [3.05, 3.63) is 30.1 Å². The summed E-state index contributed by atoms with van der Waals surface area (Å²) in [6.07, 6.45) is 4.07. The first-order valence-electron chi connectivity index (χ1n) is 10.3. The minimum atomic E-state index is -0.173. The standard InChI is InChI=1S/C21H31FN4O/c1-23-19(4-2-3-5-21(23)27)14-24-15-20(16-24)26-12-10-25(11-13-26)18-8-6-17(22)7-9-18/h6-9,19-20H,2-5,10-16H2,1H3. The van der Waals surface area contributed by atoms with E-state index in [-0.39, 0.29) is 5.82 Å². The van der Waals surface area contributed by atoms with E-state index in [9.17, 15) is 9.18 Å². The van der Waals surface area contributed by atoms with E-state index >= 15 is 0 Å². The first-order chi connectivity index (χ1) is 13.1. The SMILES string of the molecule is CN1C(=O)CCCCC1CN1CC(N2CCN(c3ccc(F)cc3)CC2)C1. The molecule has 0 spiro atoms. The largest absolute Gasteiger partial charge is 0.369 e. The molecule has 148 valence electrons. The Hall–Kier alpha value is -1.66. The molecule has 5 nitrogen and oxygen atoms in total. The number of carbonyl (C=O) groups excluding carboxylic acids is 1. The Morgan fingerprint density at radius 2 is 1.74 bits per heavy atom. The van der Waals surface area contributed by atoms with Crippen LogP contribution in [0.4, 0.5) is 10.1 Å². The Kier molecular flexibility index (Phi) is 5.64. The Bertz CT molecular complexity index is 638. The van der Waals surface area contributed by atoms with E-state index in [1.807, 2.05) is 24.1 Å². The summed E-state index contributed by atoms with van der Waals surface area (Å²) in [6, 6.07) is 7.87. The Balaban J connectivity index is 1.21. The van der Waals surface area contributed by atoms with Crippen LogP contribution in [0.25, 0.3) is 0 Å². The van der Waals surface area contributed by atoms with E-state index < -0.39 is 0 Å². The molecule has 0 N–H and O–H groups in total. The highest BCUT2D eigenvalue weighted by molar-refractivity contribution is 5.76. The fourth-order valence-corrected chi connectivity index (χ4v) is 4.66. The summed E-state index contributed by atoms with van der Waals surface area (Å²) in [5.41, 5.74) is 1.12. The van der Waals surface area contributed by atoms with E-state index in [1.165, 1.54) is 6.42 Å². The number of piperazine rings is 1. The van der Waals surface area contributed by atoms with Crippen LogP contribution in [-0.2, 0) is 4.79 Å². The zero-order valence-electron chi connectivity index (χ0n) is 16.3. The van der Waals surface area contributed by atoms with Gasteiger partial charge in [0.05, 0.1) is 0 Å². The molecule has 3 aliphatic heterocycles. The molecule has 4 rings (SSSR count). The predicted molar refractivity (Wildman–Crippen MR) is 105 cm³/mol. The van der Waals surface area contributed by atoms with Crippen molar-refractivity contribution < 1.29 is 9.18 Å². The molecule has 1 atom stereocenters. The number of hydrogen-bond acceptors (Lipinski definition) is 4. The molecule has 1 aromatic carbocycles. The molecule has 0 aromatic heterocycles. The van der Waals surface area contributed by atoms with Gasteiger partial charge in [-0.1, -0.05) is 6.42 Å². The molecule has 0 aliphatic carbocycles. The van der Waals surface area contributed by atoms with Crippen molar-refractivity contribution in [2.75, 3.05) is 57.8 Å². The Morgan fingerprint density at radius 3 is 2.44 bits per heavy atom. The van der Waals surface area contributed by atoms with Crippen LogP contribution in [0.2, 0.25) is 0 Å². The van der Waals surface area contributed by atoms with Crippen molar-refractivity contribution in [3.8, 4) is 0 Å².